The van der Waals surface area contributed by atoms with Gasteiger partial charge >= 0.3 is 5.97 Å². The minimum absolute atomic E-state index is 0.195. The van der Waals surface area contributed by atoms with Crippen molar-refractivity contribution in [2.24, 2.45) is 0 Å². The molecule has 0 aromatic carbocycles. The van der Waals surface area contributed by atoms with E-state index in [2.05, 4.69) is 15.0 Å². The number of rotatable bonds is 6. The Morgan fingerprint density at radius 2 is 2.22 bits per heavy atom. The Kier molecular flexibility index (Phi) is 4.86. The van der Waals surface area contributed by atoms with Crippen molar-refractivity contribution >= 4 is 28.6 Å². The number of nitrogens with zero attached hydrogens (tertiary/aromatic N) is 1. The summed E-state index contributed by atoms with van der Waals surface area (Å²) in [6.45, 7) is 1.58. The van der Waals surface area contributed by atoms with E-state index in [-0.39, 0.29) is 5.97 Å². The second-order valence-electron chi connectivity index (χ2n) is 3.65. The highest BCUT2D eigenvalue weighted by Crippen LogP contribution is 2.17. The zero-order valence-corrected chi connectivity index (χ0v) is 11.6. The van der Waals surface area contributed by atoms with Gasteiger partial charge in [-0.3, -0.25) is 4.79 Å². The lowest BCUT2D eigenvalue weighted by Crippen LogP contribution is -2.11. The molecule has 18 heavy (non-hydrogen) atoms. The van der Waals surface area contributed by atoms with Gasteiger partial charge in [-0.2, -0.15) is 0 Å². The molecule has 0 aliphatic heterocycles. The summed E-state index contributed by atoms with van der Waals surface area (Å²) in [6.07, 6.45) is 2.16. The van der Waals surface area contributed by atoms with Gasteiger partial charge < -0.3 is 10.1 Å². The van der Waals surface area contributed by atoms with Crippen molar-refractivity contribution in [3.63, 3.8) is 0 Å². The molecule has 1 N–H and O–H groups in total. The molecule has 2 heterocycles. The Morgan fingerprint density at radius 1 is 1.39 bits per heavy atom. The number of carbonyl (C=O) groups excluding carboxylic acids is 1. The quantitative estimate of drug-likeness (QED) is 0.825. The summed E-state index contributed by atoms with van der Waals surface area (Å²) in [4.78, 5) is 17.6. The van der Waals surface area contributed by atoms with E-state index in [1.165, 1.54) is 12.0 Å². The van der Waals surface area contributed by atoms with E-state index in [4.69, 9.17) is 0 Å². The molecule has 0 aliphatic carbocycles. The third-order valence-electron chi connectivity index (χ3n) is 2.32. The van der Waals surface area contributed by atoms with Crippen LogP contribution in [0.3, 0.4) is 0 Å². The number of hydrogen-bond acceptors (Lipinski definition) is 6. The molecule has 0 amide bonds. The predicted molar refractivity (Wildman–Crippen MR) is 72.7 cm³/mol. The van der Waals surface area contributed by atoms with E-state index in [9.17, 15) is 4.79 Å². The number of thiophene rings is 1. The normalized spacial score (nSPS) is 10.5. The average molecular weight is 282 g/mol. The fourth-order valence-corrected chi connectivity index (χ4v) is 3.02. The van der Waals surface area contributed by atoms with Gasteiger partial charge in [0.25, 0.3) is 0 Å². The van der Waals surface area contributed by atoms with Crippen LogP contribution in [0.25, 0.3) is 0 Å². The van der Waals surface area contributed by atoms with Crippen molar-refractivity contribution in [3.05, 3.63) is 38.5 Å². The monoisotopic (exact) mass is 282 g/mol. The molecule has 0 unspecified atom stereocenters. The number of hydrogen-bond donors (Lipinski definition) is 1. The molecular formula is C12H14N2O2S2. The lowest BCUT2D eigenvalue weighted by Gasteiger charge is -1.99. The molecule has 0 aliphatic rings. The summed E-state index contributed by atoms with van der Waals surface area (Å²) >= 11 is 3.28. The second kappa shape index (κ2) is 6.63. The van der Waals surface area contributed by atoms with E-state index in [1.54, 1.807) is 28.9 Å². The number of ether oxygens (including phenoxy) is 1. The molecule has 0 bridgehead atoms. The van der Waals surface area contributed by atoms with Crippen molar-refractivity contribution < 1.29 is 9.53 Å². The largest absolute Gasteiger partial charge is 0.469 e. The highest BCUT2D eigenvalue weighted by atomic mass is 32.1. The molecule has 96 valence electrons. The molecule has 0 atom stereocenters. The first-order valence-corrected chi connectivity index (χ1v) is 7.21. The number of methoxy groups -OCH3 is 1. The predicted octanol–water partition coefficient (Wildman–Crippen LogP) is 2.21. The topological polar surface area (TPSA) is 51.2 Å². The SMILES string of the molecule is COC(=O)Cc1ccc(CNCc2nccs2)s1. The van der Waals surface area contributed by atoms with Crippen LogP contribution in [-0.4, -0.2) is 18.1 Å². The smallest absolute Gasteiger partial charge is 0.310 e. The third-order valence-corrected chi connectivity index (χ3v) is 4.19. The van der Waals surface area contributed by atoms with Crippen LogP contribution in [0.2, 0.25) is 0 Å². The van der Waals surface area contributed by atoms with Crippen molar-refractivity contribution in [3.8, 4) is 0 Å². The summed E-state index contributed by atoms with van der Waals surface area (Å²) in [7, 11) is 1.41. The van der Waals surface area contributed by atoms with Crippen LogP contribution >= 0.6 is 22.7 Å². The highest BCUT2D eigenvalue weighted by Gasteiger charge is 2.06. The highest BCUT2D eigenvalue weighted by molar-refractivity contribution is 7.12. The standard InChI is InChI=1S/C12H14N2O2S2/c1-16-12(15)6-9-2-3-10(18-9)7-13-8-11-14-4-5-17-11/h2-5,13H,6-8H2,1H3. The second-order valence-corrected chi connectivity index (χ2v) is 5.88. The average Bonchev–Trinajstić information content (AvgIpc) is 3.01. The molecule has 4 nitrogen and oxygen atoms in total. The molecular weight excluding hydrogens is 268 g/mol. The molecule has 6 heteroatoms. The first-order chi connectivity index (χ1) is 8.78. The van der Waals surface area contributed by atoms with Crippen LogP contribution in [-0.2, 0) is 29.0 Å². The van der Waals surface area contributed by atoms with Crippen LogP contribution in [0.5, 0.6) is 0 Å². The van der Waals surface area contributed by atoms with Gasteiger partial charge in [-0.1, -0.05) is 0 Å². The van der Waals surface area contributed by atoms with E-state index >= 15 is 0 Å². The van der Waals surface area contributed by atoms with E-state index in [0.29, 0.717) is 6.42 Å². The zero-order chi connectivity index (χ0) is 12.8. The summed E-state index contributed by atoms with van der Waals surface area (Å²) in [5, 5.41) is 6.38. The Labute approximate surface area is 114 Å². The maximum absolute atomic E-state index is 11.1. The van der Waals surface area contributed by atoms with Crippen molar-refractivity contribution in [1.82, 2.24) is 10.3 Å². The van der Waals surface area contributed by atoms with Crippen LogP contribution < -0.4 is 5.32 Å². The van der Waals surface area contributed by atoms with Gasteiger partial charge in [0.05, 0.1) is 13.5 Å². The molecule has 0 radical (unpaired) electrons. The van der Waals surface area contributed by atoms with Crippen LogP contribution in [0.1, 0.15) is 14.8 Å². The Bertz CT molecular complexity index is 494. The molecule has 0 spiro atoms. The van der Waals surface area contributed by atoms with Gasteiger partial charge in [0.1, 0.15) is 5.01 Å². The summed E-state index contributed by atoms with van der Waals surface area (Å²) < 4.78 is 4.64. The van der Waals surface area contributed by atoms with Crippen molar-refractivity contribution in [2.75, 3.05) is 7.11 Å². The lowest BCUT2D eigenvalue weighted by molar-refractivity contribution is -0.139. The van der Waals surface area contributed by atoms with Gasteiger partial charge in [0, 0.05) is 34.4 Å². The van der Waals surface area contributed by atoms with E-state index in [1.807, 2.05) is 17.5 Å². The molecule has 0 saturated heterocycles. The van der Waals surface area contributed by atoms with E-state index in [0.717, 1.165) is 23.0 Å². The number of aromatic nitrogens is 1. The maximum Gasteiger partial charge on any atom is 0.310 e. The first kappa shape index (κ1) is 13.2. The van der Waals surface area contributed by atoms with Gasteiger partial charge in [-0.25, -0.2) is 4.98 Å². The molecule has 2 aromatic heterocycles. The minimum Gasteiger partial charge on any atom is -0.469 e. The van der Waals surface area contributed by atoms with Gasteiger partial charge in [0.2, 0.25) is 0 Å². The Balaban J connectivity index is 1.78. The molecule has 0 saturated carbocycles. The van der Waals surface area contributed by atoms with E-state index < -0.39 is 0 Å². The number of esters is 1. The van der Waals surface area contributed by atoms with Crippen molar-refractivity contribution in [2.45, 2.75) is 19.5 Å². The zero-order valence-electron chi connectivity index (χ0n) is 10.0. The van der Waals surface area contributed by atoms with Crippen LogP contribution in [0, 0.1) is 0 Å². The number of thiazole rings is 1. The van der Waals surface area contributed by atoms with Gasteiger partial charge in [-0.05, 0) is 12.1 Å². The third kappa shape index (κ3) is 3.90. The molecule has 2 rings (SSSR count). The summed E-state index contributed by atoms with van der Waals surface area (Å²) in [5.41, 5.74) is 0. The van der Waals surface area contributed by atoms with Crippen molar-refractivity contribution in [1.29, 1.82) is 0 Å². The molecule has 0 fully saturated rings. The number of carbonyl (C=O) groups is 1. The lowest BCUT2D eigenvalue weighted by atomic mass is 10.3. The fraction of sp³-hybridized carbons (Fsp3) is 0.333. The van der Waals surface area contributed by atoms with Crippen LogP contribution in [0.4, 0.5) is 0 Å². The Hall–Kier alpha value is -1.24. The first-order valence-electron chi connectivity index (χ1n) is 5.51. The minimum atomic E-state index is -0.195. The fourth-order valence-electron chi connectivity index (χ4n) is 1.46. The maximum atomic E-state index is 11.1. The summed E-state index contributed by atoms with van der Waals surface area (Å²) in [6, 6.07) is 4.01. The van der Waals surface area contributed by atoms with Gasteiger partial charge in [-0.15, -0.1) is 22.7 Å². The Morgan fingerprint density at radius 3 is 2.94 bits per heavy atom. The summed E-state index contributed by atoms with van der Waals surface area (Å²) in [5.74, 6) is -0.195. The number of nitrogens with one attached hydrogen (secondary N) is 1. The van der Waals surface area contributed by atoms with Gasteiger partial charge in [0.15, 0.2) is 0 Å². The van der Waals surface area contributed by atoms with Crippen LogP contribution in [0.15, 0.2) is 23.7 Å². The molecule has 2 aromatic rings.